The average Bonchev–Trinajstić information content (AvgIpc) is 2.92. The van der Waals surface area contributed by atoms with Crippen molar-refractivity contribution >= 4 is 22.4 Å². The lowest BCUT2D eigenvalue weighted by molar-refractivity contribution is 0.989. The highest BCUT2D eigenvalue weighted by Gasteiger charge is 2.13. The first-order valence-electron chi connectivity index (χ1n) is 6.03. The summed E-state index contributed by atoms with van der Waals surface area (Å²) in [6.45, 7) is 2.77. The van der Waals surface area contributed by atoms with Gasteiger partial charge in [0.25, 0.3) is 0 Å². The first-order chi connectivity index (χ1) is 8.79. The van der Waals surface area contributed by atoms with Gasteiger partial charge < -0.3 is 10.7 Å². The second-order valence-corrected chi connectivity index (χ2v) is 5.28. The smallest absolute Gasteiger partial charge is 0.0867 e. The maximum Gasteiger partial charge on any atom is 0.0867 e. The Morgan fingerprint density at radius 3 is 3.00 bits per heavy atom. The molecule has 2 heterocycles. The maximum absolute atomic E-state index is 5.58. The summed E-state index contributed by atoms with van der Waals surface area (Å²) in [7, 11) is 0. The van der Waals surface area contributed by atoms with Gasteiger partial charge in [-0.2, -0.15) is 4.37 Å². The molecule has 0 radical (unpaired) electrons. The van der Waals surface area contributed by atoms with E-state index in [0.717, 1.165) is 12.1 Å². The molecule has 0 spiro atoms. The maximum atomic E-state index is 5.58. The number of H-pyrrole nitrogens is 1. The number of para-hydroxylation sites is 1. The lowest BCUT2D eigenvalue weighted by atomic mass is 10.1. The normalized spacial score (nSPS) is 11.2. The highest BCUT2D eigenvalue weighted by molar-refractivity contribution is 7.06. The monoisotopic (exact) mass is 257 g/mol. The predicted molar refractivity (Wildman–Crippen MR) is 76.9 cm³/mol. The van der Waals surface area contributed by atoms with E-state index in [4.69, 9.17) is 5.73 Å². The van der Waals surface area contributed by atoms with Crippen LogP contribution in [0.1, 0.15) is 10.6 Å². The fourth-order valence-corrected chi connectivity index (χ4v) is 3.03. The van der Waals surface area contributed by atoms with Crippen LogP contribution in [-0.4, -0.2) is 15.9 Å². The molecule has 3 aromatic rings. The van der Waals surface area contributed by atoms with Crippen molar-refractivity contribution in [3.8, 4) is 11.3 Å². The Morgan fingerprint density at radius 2 is 2.17 bits per heavy atom. The van der Waals surface area contributed by atoms with Crippen molar-refractivity contribution < 1.29 is 0 Å². The standard InChI is InChI=1S/C14H15N3S/c1-9-14(11-4-2-3-5-12(11)16-9)13-8-10(6-7-15)18-17-13/h2-5,8,16H,6-7,15H2,1H3. The highest BCUT2D eigenvalue weighted by atomic mass is 32.1. The number of nitrogens with two attached hydrogens (primary N) is 1. The van der Waals surface area contributed by atoms with Crippen LogP contribution in [0, 0.1) is 6.92 Å². The molecule has 18 heavy (non-hydrogen) atoms. The molecule has 0 atom stereocenters. The van der Waals surface area contributed by atoms with Crippen molar-refractivity contribution in [1.29, 1.82) is 0 Å². The molecule has 0 bridgehead atoms. The molecule has 0 aliphatic heterocycles. The quantitative estimate of drug-likeness (QED) is 0.757. The summed E-state index contributed by atoms with van der Waals surface area (Å²) in [5.74, 6) is 0. The molecule has 0 saturated heterocycles. The number of hydrogen-bond donors (Lipinski definition) is 2. The minimum atomic E-state index is 0.675. The number of benzene rings is 1. The van der Waals surface area contributed by atoms with Gasteiger partial charge in [-0.3, -0.25) is 0 Å². The molecule has 0 amide bonds. The summed E-state index contributed by atoms with van der Waals surface area (Å²) in [4.78, 5) is 4.65. The van der Waals surface area contributed by atoms with Crippen LogP contribution in [-0.2, 0) is 6.42 Å². The molecular formula is C14H15N3S. The van der Waals surface area contributed by atoms with Gasteiger partial charge in [0, 0.05) is 27.0 Å². The Bertz CT molecular complexity index is 681. The molecule has 2 aromatic heterocycles. The van der Waals surface area contributed by atoms with E-state index in [9.17, 15) is 0 Å². The summed E-state index contributed by atoms with van der Waals surface area (Å²) >= 11 is 1.55. The number of rotatable bonds is 3. The van der Waals surface area contributed by atoms with Crippen molar-refractivity contribution in [2.75, 3.05) is 6.54 Å². The second-order valence-electron chi connectivity index (χ2n) is 4.39. The molecule has 0 saturated carbocycles. The third-order valence-electron chi connectivity index (χ3n) is 3.10. The van der Waals surface area contributed by atoms with Gasteiger partial charge in [0.05, 0.1) is 5.69 Å². The lowest BCUT2D eigenvalue weighted by Gasteiger charge is -1.95. The number of nitrogens with zero attached hydrogens (tertiary/aromatic N) is 1. The van der Waals surface area contributed by atoms with Crippen molar-refractivity contribution in [2.45, 2.75) is 13.3 Å². The minimum Gasteiger partial charge on any atom is -0.358 e. The highest BCUT2D eigenvalue weighted by Crippen LogP contribution is 2.32. The SMILES string of the molecule is Cc1[nH]c2ccccc2c1-c1cc(CCN)sn1. The number of aromatic nitrogens is 2. The Hall–Kier alpha value is -1.65. The van der Waals surface area contributed by atoms with Crippen molar-refractivity contribution in [3.63, 3.8) is 0 Å². The zero-order valence-electron chi connectivity index (χ0n) is 10.2. The minimum absolute atomic E-state index is 0.675. The molecule has 3 nitrogen and oxygen atoms in total. The second kappa shape index (κ2) is 4.55. The van der Waals surface area contributed by atoms with Crippen LogP contribution >= 0.6 is 11.5 Å². The van der Waals surface area contributed by atoms with Gasteiger partial charge in [0.2, 0.25) is 0 Å². The molecule has 92 valence electrons. The fraction of sp³-hybridized carbons (Fsp3) is 0.214. The number of aromatic amines is 1. The zero-order valence-corrected chi connectivity index (χ0v) is 11.1. The van der Waals surface area contributed by atoms with Gasteiger partial charge in [-0.25, -0.2) is 0 Å². The molecule has 3 rings (SSSR count). The topological polar surface area (TPSA) is 54.7 Å². The van der Waals surface area contributed by atoms with E-state index in [0.29, 0.717) is 6.54 Å². The number of aryl methyl sites for hydroxylation is 1. The van der Waals surface area contributed by atoms with E-state index in [1.807, 2.05) is 6.07 Å². The molecule has 0 aliphatic carbocycles. The van der Waals surface area contributed by atoms with Crippen molar-refractivity contribution in [1.82, 2.24) is 9.36 Å². The van der Waals surface area contributed by atoms with Gasteiger partial charge in [0.15, 0.2) is 0 Å². The zero-order chi connectivity index (χ0) is 12.5. The molecule has 0 aliphatic rings. The summed E-state index contributed by atoms with van der Waals surface area (Å²) in [6, 6.07) is 10.5. The third-order valence-corrected chi connectivity index (χ3v) is 3.94. The largest absolute Gasteiger partial charge is 0.358 e. The van der Waals surface area contributed by atoms with Crippen LogP contribution in [0.15, 0.2) is 30.3 Å². The van der Waals surface area contributed by atoms with E-state index < -0.39 is 0 Å². The Labute approximate surface area is 110 Å². The van der Waals surface area contributed by atoms with Gasteiger partial charge in [-0.05, 0) is 43.6 Å². The summed E-state index contributed by atoms with van der Waals surface area (Å²) < 4.78 is 4.55. The molecular weight excluding hydrogens is 242 g/mol. The Kier molecular flexibility index (Phi) is 2.89. The van der Waals surface area contributed by atoms with Crippen molar-refractivity contribution in [3.05, 3.63) is 40.9 Å². The summed E-state index contributed by atoms with van der Waals surface area (Å²) in [5.41, 5.74) is 10.2. The first kappa shape index (κ1) is 11.4. The fourth-order valence-electron chi connectivity index (χ4n) is 2.30. The van der Waals surface area contributed by atoms with E-state index in [2.05, 4.69) is 40.5 Å². The number of hydrogen-bond acceptors (Lipinski definition) is 3. The van der Waals surface area contributed by atoms with E-state index >= 15 is 0 Å². The van der Waals surface area contributed by atoms with Crippen LogP contribution in [0.5, 0.6) is 0 Å². The van der Waals surface area contributed by atoms with Crippen LogP contribution < -0.4 is 5.73 Å². The number of fused-ring (bicyclic) bond motifs is 1. The van der Waals surface area contributed by atoms with Crippen LogP contribution in [0.3, 0.4) is 0 Å². The summed E-state index contributed by atoms with van der Waals surface area (Å²) in [5, 5.41) is 1.24. The summed E-state index contributed by atoms with van der Waals surface area (Å²) in [6.07, 6.45) is 0.902. The van der Waals surface area contributed by atoms with Gasteiger partial charge in [0.1, 0.15) is 0 Å². The van der Waals surface area contributed by atoms with E-state index in [1.165, 1.54) is 27.0 Å². The average molecular weight is 257 g/mol. The number of nitrogens with one attached hydrogen (secondary N) is 1. The van der Waals surface area contributed by atoms with E-state index in [1.54, 1.807) is 11.5 Å². The molecule has 4 heteroatoms. The van der Waals surface area contributed by atoms with Gasteiger partial charge in [-0.15, -0.1) is 0 Å². The molecule has 0 fully saturated rings. The van der Waals surface area contributed by atoms with Crippen LogP contribution in [0.2, 0.25) is 0 Å². The van der Waals surface area contributed by atoms with Gasteiger partial charge >= 0.3 is 0 Å². The Balaban J connectivity index is 2.15. The predicted octanol–water partition coefficient (Wildman–Crippen LogP) is 3.10. The van der Waals surface area contributed by atoms with Crippen LogP contribution in [0.25, 0.3) is 22.2 Å². The molecule has 1 aromatic carbocycles. The third kappa shape index (κ3) is 1.83. The first-order valence-corrected chi connectivity index (χ1v) is 6.80. The Morgan fingerprint density at radius 1 is 1.33 bits per heavy atom. The van der Waals surface area contributed by atoms with Gasteiger partial charge in [-0.1, -0.05) is 18.2 Å². The van der Waals surface area contributed by atoms with Crippen molar-refractivity contribution in [2.24, 2.45) is 5.73 Å². The molecule has 0 unspecified atom stereocenters. The molecule has 3 N–H and O–H groups in total. The lowest BCUT2D eigenvalue weighted by Crippen LogP contribution is -2.00. The van der Waals surface area contributed by atoms with Crippen LogP contribution in [0.4, 0.5) is 0 Å². The van der Waals surface area contributed by atoms with E-state index in [-0.39, 0.29) is 0 Å².